The fourth-order valence-electron chi connectivity index (χ4n) is 4.92. The van der Waals surface area contributed by atoms with Crippen LogP contribution in [-0.4, -0.2) is 65.7 Å². The molecule has 4 aromatic heterocycles. The predicted octanol–water partition coefficient (Wildman–Crippen LogP) is -0.204. The molecule has 0 radical (unpaired) electrons. The van der Waals surface area contributed by atoms with Gasteiger partial charge in [0.25, 0.3) is 0 Å². The van der Waals surface area contributed by atoms with Gasteiger partial charge in [0.1, 0.15) is 5.82 Å². The summed E-state index contributed by atoms with van der Waals surface area (Å²) in [6, 6.07) is 6.89. The van der Waals surface area contributed by atoms with Crippen LogP contribution in [0.5, 0.6) is 0 Å². The fourth-order valence-corrected chi connectivity index (χ4v) is 8.61. The Hall–Kier alpha value is -3.84. The van der Waals surface area contributed by atoms with Gasteiger partial charge in [-0.15, -0.1) is 0 Å². The zero-order valence-electron chi connectivity index (χ0n) is 22.1. The number of carbonyl (C=O) groups excluding carboxylic acids is 3. The van der Waals surface area contributed by atoms with Crippen molar-refractivity contribution in [2.75, 3.05) is 5.32 Å². The fraction of sp³-hybridized carbons (Fsp3) is 0.296. The summed E-state index contributed by atoms with van der Waals surface area (Å²) in [7, 11) is 0. The molecule has 2 saturated heterocycles. The number of pyridine rings is 2. The summed E-state index contributed by atoms with van der Waals surface area (Å²) < 4.78 is 1.11. The van der Waals surface area contributed by atoms with Crippen molar-refractivity contribution >= 4 is 50.2 Å². The minimum atomic E-state index is -0.818. The number of aromatic nitrogens is 6. The van der Waals surface area contributed by atoms with Crippen molar-refractivity contribution in [1.82, 2.24) is 34.6 Å². The predicted molar refractivity (Wildman–Crippen MR) is 146 cm³/mol. The second-order valence-electron chi connectivity index (χ2n) is 9.90. The Kier molecular flexibility index (Phi) is 6.81. The van der Waals surface area contributed by atoms with Crippen LogP contribution in [0, 0.1) is 25.2 Å². The summed E-state index contributed by atoms with van der Waals surface area (Å²) in [6.07, 6.45) is 5.16. The summed E-state index contributed by atoms with van der Waals surface area (Å²) in [5.41, 5.74) is 2.74. The van der Waals surface area contributed by atoms with Crippen LogP contribution < -0.4 is 26.5 Å². The zero-order valence-corrected chi connectivity index (χ0v) is 25.8. The van der Waals surface area contributed by atoms with Crippen LogP contribution in [0.3, 0.4) is 0 Å². The Morgan fingerprint density at radius 3 is 2.66 bits per heavy atom. The van der Waals surface area contributed by atoms with E-state index in [9.17, 15) is 19.6 Å². The van der Waals surface area contributed by atoms with E-state index in [4.69, 9.17) is 0 Å². The number of rotatable bonds is 6. The van der Waals surface area contributed by atoms with Gasteiger partial charge < -0.3 is 0 Å². The minimum absolute atomic E-state index is 0.210. The number of amides is 2. The third-order valence-electron chi connectivity index (χ3n) is 7.11. The summed E-state index contributed by atoms with van der Waals surface area (Å²) in [5, 5.41) is 17.7. The van der Waals surface area contributed by atoms with Crippen LogP contribution in [0.2, 0.25) is 0 Å². The maximum absolute atomic E-state index is 13.8. The quantitative estimate of drug-likeness (QED) is 0.0934. The number of Topliss-reactive ketones (excluding diaryl/α,β-unsaturated/α-hetero) is 1. The number of halogens is 2. The Morgan fingerprint density at radius 2 is 1.95 bits per heavy atom. The van der Waals surface area contributed by atoms with Gasteiger partial charge in [0.15, 0.2) is 0 Å². The van der Waals surface area contributed by atoms with Crippen LogP contribution in [0.25, 0.3) is 22.2 Å². The van der Waals surface area contributed by atoms with Gasteiger partial charge >= 0.3 is 241 Å². The molecule has 14 heteroatoms. The van der Waals surface area contributed by atoms with Crippen LogP contribution in [-0.2, 0) is 16.1 Å². The van der Waals surface area contributed by atoms with Crippen LogP contribution in [0.1, 0.15) is 35.2 Å². The molecule has 0 bridgehead atoms. The van der Waals surface area contributed by atoms with E-state index in [0.29, 0.717) is 38.4 Å². The van der Waals surface area contributed by atoms with Crippen LogP contribution >= 0.6 is 15.9 Å². The average Bonchev–Trinajstić information content (AvgIpc) is 3.38. The summed E-state index contributed by atoms with van der Waals surface area (Å²) in [4.78, 5) is 58.5. The number of likely N-dealkylation sites (tertiary alicyclic amines) is 1. The van der Waals surface area contributed by atoms with E-state index in [1.807, 2.05) is 13.0 Å². The summed E-state index contributed by atoms with van der Waals surface area (Å²) in [5.74, 6) is 0.0210. The average molecular weight is 727 g/mol. The Labute approximate surface area is 253 Å². The van der Waals surface area contributed by atoms with E-state index in [1.165, 1.54) is 11.6 Å². The molecule has 12 nitrogen and oxygen atoms in total. The topological polar surface area (TPSA) is 160 Å². The SMILES string of the molecule is CC(=O)c1nn(CC(=O)N2[C@H](C(=O)Nc3nc(Br)ccc3C)C[C@@]3(C#N)[I-][C@@H]23)c2cnc(-c3cnc(C)nc3)cc12. The van der Waals surface area contributed by atoms with Crippen molar-refractivity contribution < 1.29 is 35.6 Å². The molecular weight excluding hydrogens is 705 g/mol. The third kappa shape index (κ3) is 4.86. The molecule has 0 saturated carbocycles. The number of hydrogen-bond donors (Lipinski definition) is 1. The van der Waals surface area contributed by atoms with Crippen molar-refractivity contribution in [3.05, 3.63) is 58.5 Å². The number of nitrogens with one attached hydrogen (secondary N) is 1. The first-order chi connectivity index (χ1) is 19.6. The van der Waals surface area contributed by atoms with Crippen LogP contribution in [0.4, 0.5) is 5.82 Å². The number of carbonyl (C=O) groups is 3. The van der Waals surface area contributed by atoms with Gasteiger partial charge in [-0.05, 0) is 6.92 Å². The zero-order chi connectivity index (χ0) is 29.1. The van der Waals surface area contributed by atoms with Gasteiger partial charge in [0, 0.05) is 0 Å². The Balaban J connectivity index is 1.30. The van der Waals surface area contributed by atoms with E-state index < -0.39 is 30.7 Å². The van der Waals surface area contributed by atoms with Crippen molar-refractivity contribution in [3.8, 4) is 17.3 Å². The number of nitrogens with zero attached hydrogens (tertiary/aromatic N) is 8. The van der Waals surface area contributed by atoms with E-state index in [2.05, 4.69) is 52.4 Å². The molecule has 6 heterocycles. The van der Waals surface area contributed by atoms with E-state index in [0.717, 1.165) is 5.56 Å². The number of nitriles is 1. The summed E-state index contributed by atoms with van der Waals surface area (Å²) in [6.45, 7) is 4.82. The molecule has 0 aromatic carbocycles. The van der Waals surface area contributed by atoms with E-state index >= 15 is 0 Å². The first-order valence-corrected chi connectivity index (χ1v) is 15.7. The third-order valence-corrected chi connectivity index (χ3v) is 11.5. The van der Waals surface area contributed by atoms with E-state index in [-0.39, 0.29) is 40.3 Å². The molecule has 208 valence electrons. The molecule has 4 aromatic rings. The van der Waals surface area contributed by atoms with Crippen LogP contribution in [0.15, 0.2) is 41.4 Å². The van der Waals surface area contributed by atoms with Gasteiger partial charge in [-0.3, -0.25) is 0 Å². The van der Waals surface area contributed by atoms with Gasteiger partial charge in [0.05, 0.1) is 0 Å². The second-order valence-corrected chi connectivity index (χ2v) is 14.4. The number of fused-ring (bicyclic) bond motifs is 2. The molecule has 0 spiro atoms. The van der Waals surface area contributed by atoms with Crippen molar-refractivity contribution in [2.24, 2.45) is 0 Å². The molecule has 2 amide bonds. The van der Waals surface area contributed by atoms with Gasteiger partial charge in [-0.1, -0.05) is 0 Å². The molecular formula is C27H22BrIN9O3-. The Morgan fingerprint density at radius 1 is 1.20 bits per heavy atom. The number of ketones is 1. The molecule has 6 rings (SSSR count). The summed E-state index contributed by atoms with van der Waals surface area (Å²) >= 11 is 2.72. The first-order valence-electron chi connectivity index (χ1n) is 12.6. The number of anilines is 1. The van der Waals surface area contributed by atoms with Crippen molar-refractivity contribution in [2.45, 2.75) is 47.2 Å². The van der Waals surface area contributed by atoms with E-state index in [1.54, 1.807) is 42.5 Å². The standard InChI is InChI=1S/C27H22BrIN9O3/c1-13-4-5-21(28)34-24(13)35-25(41)19-7-27(12-30)26(29-27)38(19)22(40)11-37-20-10-33-18(16-8-31-15(3)32-9-16)6-17(20)23(36-37)14(2)39/h4-6,8-10,19,26H,7,11H2,1-3H3,(H,34,35,41)/q-1/t19-,26-,27-/m0/s1. The number of hydrogen-bond acceptors (Lipinski definition) is 9. The first kappa shape index (κ1) is 27.3. The molecule has 0 aliphatic carbocycles. The Bertz CT molecular complexity index is 1800. The molecule has 2 fully saturated rings. The monoisotopic (exact) mass is 726 g/mol. The number of aryl methyl sites for hydroxylation is 2. The van der Waals surface area contributed by atoms with Crippen molar-refractivity contribution in [3.63, 3.8) is 0 Å². The molecule has 2 aliphatic heterocycles. The molecule has 0 unspecified atom stereocenters. The molecule has 3 atom stereocenters. The van der Waals surface area contributed by atoms with Gasteiger partial charge in [0.2, 0.25) is 0 Å². The van der Waals surface area contributed by atoms with Crippen molar-refractivity contribution in [1.29, 1.82) is 5.26 Å². The normalized spacial score (nSPS) is 21.1. The maximum atomic E-state index is 13.8. The second kappa shape index (κ2) is 10.2. The van der Waals surface area contributed by atoms with Gasteiger partial charge in [-0.25, -0.2) is 0 Å². The van der Waals surface area contributed by atoms with Gasteiger partial charge in [-0.2, -0.15) is 0 Å². The number of alkyl halides is 2. The molecule has 1 N–H and O–H groups in total. The molecule has 2 aliphatic rings. The molecule has 41 heavy (non-hydrogen) atoms.